The Labute approximate surface area is 163 Å². The minimum atomic E-state index is -3.72. The third-order valence-electron chi connectivity index (χ3n) is 4.94. The average Bonchev–Trinajstić information content (AvgIpc) is 3.14. The van der Waals surface area contributed by atoms with E-state index in [1.807, 2.05) is 16.8 Å². The number of thiophene rings is 1. The van der Waals surface area contributed by atoms with Gasteiger partial charge < -0.3 is 4.90 Å². The van der Waals surface area contributed by atoms with Crippen molar-refractivity contribution in [2.75, 3.05) is 25.0 Å². The highest BCUT2D eigenvalue weighted by Crippen LogP contribution is 2.33. The van der Waals surface area contributed by atoms with E-state index in [1.165, 1.54) is 22.5 Å². The van der Waals surface area contributed by atoms with E-state index in [4.69, 9.17) is 0 Å². The maximum atomic E-state index is 12.9. The molecule has 0 amide bonds. The molecule has 146 valence electrons. The highest BCUT2D eigenvalue weighted by atomic mass is 32.2. The van der Waals surface area contributed by atoms with Crippen molar-refractivity contribution in [1.29, 1.82) is 0 Å². The average molecular weight is 410 g/mol. The Morgan fingerprint density at radius 3 is 2.59 bits per heavy atom. The topological polar surface area (TPSA) is 83.8 Å². The van der Waals surface area contributed by atoms with Gasteiger partial charge in [-0.15, -0.1) is 0 Å². The predicted molar refractivity (Wildman–Crippen MR) is 107 cm³/mol. The van der Waals surface area contributed by atoms with Gasteiger partial charge in [0, 0.05) is 32.7 Å². The van der Waals surface area contributed by atoms with Gasteiger partial charge in [-0.3, -0.25) is 10.1 Å². The van der Waals surface area contributed by atoms with E-state index in [0.29, 0.717) is 31.2 Å². The molecule has 0 atom stereocenters. The first kappa shape index (κ1) is 19.8. The summed E-state index contributed by atoms with van der Waals surface area (Å²) in [5.41, 5.74) is 1.26. The van der Waals surface area contributed by atoms with Crippen LogP contribution in [-0.4, -0.2) is 37.8 Å². The van der Waals surface area contributed by atoms with Gasteiger partial charge in [0.25, 0.3) is 5.69 Å². The molecule has 2 aromatic rings. The summed E-state index contributed by atoms with van der Waals surface area (Å²) in [6.07, 6.45) is 1.62. The summed E-state index contributed by atoms with van der Waals surface area (Å²) >= 11 is 1.56. The van der Waals surface area contributed by atoms with Crippen molar-refractivity contribution < 1.29 is 13.3 Å². The van der Waals surface area contributed by atoms with Crippen molar-refractivity contribution in [3.8, 4) is 0 Å². The van der Waals surface area contributed by atoms with Crippen molar-refractivity contribution >= 4 is 32.7 Å². The number of sulfonamides is 1. The van der Waals surface area contributed by atoms with Crippen LogP contribution >= 0.6 is 11.3 Å². The van der Waals surface area contributed by atoms with Gasteiger partial charge in [-0.25, -0.2) is 8.42 Å². The molecule has 1 saturated heterocycles. The Kier molecular flexibility index (Phi) is 5.83. The fraction of sp³-hybridized carbons (Fsp3) is 0.444. The van der Waals surface area contributed by atoms with Gasteiger partial charge in [-0.05, 0) is 53.3 Å². The fourth-order valence-corrected chi connectivity index (χ4v) is 5.40. The molecular formula is C18H23N3O4S2. The Bertz CT molecular complexity index is 905. The summed E-state index contributed by atoms with van der Waals surface area (Å²) in [5.74, 6) is 0.499. The lowest BCUT2D eigenvalue weighted by Crippen LogP contribution is -2.37. The lowest BCUT2D eigenvalue weighted by molar-refractivity contribution is -0.384. The molecule has 1 aromatic carbocycles. The van der Waals surface area contributed by atoms with Gasteiger partial charge in [0.15, 0.2) is 0 Å². The van der Waals surface area contributed by atoms with Crippen LogP contribution in [0.3, 0.4) is 0 Å². The zero-order valence-electron chi connectivity index (χ0n) is 15.4. The highest BCUT2D eigenvalue weighted by Gasteiger charge is 2.30. The molecule has 0 bridgehead atoms. The van der Waals surface area contributed by atoms with Crippen molar-refractivity contribution in [2.24, 2.45) is 5.92 Å². The second kappa shape index (κ2) is 7.95. The highest BCUT2D eigenvalue weighted by molar-refractivity contribution is 7.89. The second-order valence-corrected chi connectivity index (χ2v) is 9.70. The van der Waals surface area contributed by atoms with Crippen LogP contribution in [0.2, 0.25) is 0 Å². The first-order chi connectivity index (χ1) is 12.8. The summed E-state index contributed by atoms with van der Waals surface area (Å²) in [7, 11) is -1.96. The molecule has 1 aliphatic heterocycles. The molecule has 0 aliphatic carbocycles. The summed E-state index contributed by atoms with van der Waals surface area (Å²) in [6, 6.07) is 6.15. The van der Waals surface area contributed by atoms with Gasteiger partial charge in [0.05, 0.1) is 9.82 Å². The number of piperidine rings is 1. The van der Waals surface area contributed by atoms with E-state index < -0.39 is 14.9 Å². The lowest BCUT2D eigenvalue weighted by Gasteiger charge is -2.29. The van der Waals surface area contributed by atoms with E-state index in [0.717, 1.165) is 18.4 Å². The molecule has 1 aromatic heterocycles. The normalized spacial score (nSPS) is 16.4. The molecule has 1 fully saturated rings. The molecular weight excluding hydrogens is 386 g/mol. The number of rotatable bonds is 6. The molecule has 27 heavy (non-hydrogen) atoms. The molecule has 3 rings (SSSR count). The van der Waals surface area contributed by atoms with E-state index in [9.17, 15) is 18.5 Å². The first-order valence-electron chi connectivity index (χ1n) is 8.80. The van der Waals surface area contributed by atoms with Gasteiger partial charge in [-0.2, -0.15) is 15.6 Å². The van der Waals surface area contributed by atoms with Crippen LogP contribution in [0, 0.1) is 16.0 Å². The number of anilines is 1. The van der Waals surface area contributed by atoms with Crippen LogP contribution in [0.25, 0.3) is 0 Å². The molecule has 0 radical (unpaired) electrons. The van der Waals surface area contributed by atoms with Crippen LogP contribution in [0.15, 0.2) is 39.9 Å². The maximum Gasteiger partial charge on any atom is 0.293 e. The smallest absolute Gasteiger partial charge is 0.293 e. The number of hydrogen-bond acceptors (Lipinski definition) is 6. The monoisotopic (exact) mass is 409 g/mol. The Morgan fingerprint density at radius 1 is 1.30 bits per heavy atom. The van der Waals surface area contributed by atoms with Gasteiger partial charge in [0.2, 0.25) is 10.0 Å². The van der Waals surface area contributed by atoms with E-state index in [2.05, 4.69) is 6.92 Å². The van der Waals surface area contributed by atoms with Crippen LogP contribution in [0.4, 0.5) is 11.4 Å². The zero-order chi connectivity index (χ0) is 19.6. The van der Waals surface area contributed by atoms with Crippen molar-refractivity contribution in [3.05, 3.63) is 50.7 Å². The lowest BCUT2D eigenvalue weighted by atomic mass is 10.0. The Hall–Kier alpha value is -1.97. The third-order valence-corrected chi connectivity index (χ3v) is 7.56. The zero-order valence-corrected chi connectivity index (χ0v) is 17.0. The van der Waals surface area contributed by atoms with Crippen molar-refractivity contribution in [2.45, 2.75) is 31.2 Å². The van der Waals surface area contributed by atoms with Gasteiger partial charge >= 0.3 is 0 Å². The third kappa shape index (κ3) is 4.31. The number of nitrogens with zero attached hydrogens (tertiary/aromatic N) is 3. The summed E-state index contributed by atoms with van der Waals surface area (Å²) in [4.78, 5) is 12.8. The fourth-order valence-electron chi connectivity index (χ4n) is 3.25. The molecule has 1 aliphatic rings. The molecule has 2 heterocycles. The minimum Gasteiger partial charge on any atom is -0.365 e. The number of benzene rings is 1. The maximum absolute atomic E-state index is 12.9. The second-order valence-electron chi connectivity index (χ2n) is 6.98. The molecule has 0 N–H and O–H groups in total. The van der Waals surface area contributed by atoms with Crippen LogP contribution in [0.5, 0.6) is 0 Å². The Balaban J connectivity index is 1.90. The summed E-state index contributed by atoms with van der Waals surface area (Å²) in [5, 5.41) is 15.5. The van der Waals surface area contributed by atoms with Crippen molar-refractivity contribution in [1.82, 2.24) is 4.31 Å². The van der Waals surface area contributed by atoms with Crippen molar-refractivity contribution in [3.63, 3.8) is 0 Å². The molecule has 0 saturated carbocycles. The molecule has 7 nitrogen and oxygen atoms in total. The summed E-state index contributed by atoms with van der Waals surface area (Å²) < 4.78 is 27.2. The van der Waals surface area contributed by atoms with Crippen LogP contribution in [-0.2, 0) is 16.6 Å². The molecule has 0 spiro atoms. The quantitative estimate of drug-likeness (QED) is 0.536. The van der Waals surface area contributed by atoms with Crippen LogP contribution < -0.4 is 4.90 Å². The summed E-state index contributed by atoms with van der Waals surface area (Å²) in [6.45, 7) is 3.53. The standard InChI is InChI=1S/C18H23N3O4S2/c1-14-5-8-20(9-6-14)27(24,25)16-3-4-17(18(11-16)21(22)23)19(2)12-15-7-10-26-13-15/h3-4,7,10-11,13-14H,5-6,8-9,12H2,1-2H3. The minimum absolute atomic E-state index is 0.0172. The van der Waals surface area contributed by atoms with E-state index in [1.54, 1.807) is 23.3 Å². The number of nitro benzene ring substituents is 1. The van der Waals surface area contributed by atoms with Gasteiger partial charge in [-0.1, -0.05) is 6.92 Å². The Morgan fingerprint density at radius 2 is 2.00 bits per heavy atom. The number of nitro groups is 1. The molecule has 0 unspecified atom stereocenters. The number of hydrogen-bond donors (Lipinski definition) is 0. The largest absolute Gasteiger partial charge is 0.365 e. The SMILES string of the molecule is CC1CCN(S(=O)(=O)c2ccc(N(C)Cc3ccsc3)c([N+](=O)[O-])c2)CC1. The van der Waals surface area contributed by atoms with Gasteiger partial charge in [0.1, 0.15) is 5.69 Å². The predicted octanol–water partition coefficient (Wildman–Crippen LogP) is 3.71. The van der Waals surface area contributed by atoms with E-state index >= 15 is 0 Å². The molecule has 9 heteroatoms. The van der Waals surface area contributed by atoms with E-state index in [-0.39, 0.29) is 10.6 Å². The van der Waals surface area contributed by atoms with Crippen LogP contribution in [0.1, 0.15) is 25.3 Å². The first-order valence-corrected chi connectivity index (χ1v) is 11.2.